The van der Waals surface area contributed by atoms with Crippen LogP contribution < -0.4 is 4.74 Å². The molecule has 28 heavy (non-hydrogen) atoms. The summed E-state index contributed by atoms with van der Waals surface area (Å²) in [5.41, 5.74) is 1.52. The maximum atomic E-state index is 11.2. The number of hydrogen-bond acceptors (Lipinski definition) is 5. The average Bonchev–Trinajstić information content (AvgIpc) is 3.16. The Morgan fingerprint density at radius 2 is 2.14 bits per heavy atom. The topological polar surface area (TPSA) is 65.0 Å². The van der Waals surface area contributed by atoms with E-state index in [1.807, 2.05) is 18.2 Å². The van der Waals surface area contributed by atoms with Gasteiger partial charge in [-0.25, -0.2) is 0 Å². The van der Waals surface area contributed by atoms with Crippen LogP contribution in [0.5, 0.6) is 5.75 Å². The summed E-state index contributed by atoms with van der Waals surface area (Å²) in [4.78, 5) is 10.9. The minimum atomic E-state index is -1.24. The third-order valence-corrected chi connectivity index (χ3v) is 6.37. The fourth-order valence-electron chi connectivity index (χ4n) is 4.92. The second kappa shape index (κ2) is 8.36. The largest absolute Gasteiger partial charge is 0.461 e. The second-order valence-corrected chi connectivity index (χ2v) is 8.12. The van der Waals surface area contributed by atoms with Gasteiger partial charge in [-0.2, -0.15) is 0 Å². The number of fused-ring (bicyclic) bond motifs is 3. The molecular weight excluding hydrogens is 356 g/mol. The van der Waals surface area contributed by atoms with Crippen molar-refractivity contribution in [1.82, 2.24) is 0 Å². The number of carbonyl (C=O) groups excluding carboxylic acids is 1. The first-order valence-electron chi connectivity index (χ1n) is 10.6. The summed E-state index contributed by atoms with van der Waals surface area (Å²) in [6.07, 6.45) is 12.5. The number of allylic oxidation sites excluding steroid dienone is 1. The third-order valence-electron chi connectivity index (χ3n) is 6.37. The van der Waals surface area contributed by atoms with E-state index in [1.165, 1.54) is 12.5 Å². The van der Waals surface area contributed by atoms with E-state index >= 15 is 0 Å². The van der Waals surface area contributed by atoms with Crippen molar-refractivity contribution in [2.45, 2.75) is 75.3 Å². The van der Waals surface area contributed by atoms with Crippen LogP contribution in [0.3, 0.4) is 0 Å². The molecule has 5 nitrogen and oxygen atoms in total. The van der Waals surface area contributed by atoms with Gasteiger partial charge in [0.2, 0.25) is 5.79 Å². The summed E-state index contributed by atoms with van der Waals surface area (Å²) in [6, 6.07) is 6.14. The molecule has 1 aliphatic carbocycles. The molecule has 4 rings (SSSR count). The van der Waals surface area contributed by atoms with Crippen LogP contribution in [-0.4, -0.2) is 36.7 Å². The zero-order valence-corrected chi connectivity index (χ0v) is 16.4. The second-order valence-electron chi connectivity index (χ2n) is 8.12. The van der Waals surface area contributed by atoms with E-state index in [9.17, 15) is 9.90 Å². The molecule has 1 saturated carbocycles. The molecule has 0 unspecified atom stereocenters. The molecule has 3 atom stereocenters. The molecule has 0 bridgehead atoms. The van der Waals surface area contributed by atoms with E-state index in [-0.39, 0.29) is 6.29 Å². The van der Waals surface area contributed by atoms with Gasteiger partial charge in [-0.1, -0.05) is 24.3 Å². The predicted molar refractivity (Wildman–Crippen MR) is 105 cm³/mol. The summed E-state index contributed by atoms with van der Waals surface area (Å²) in [7, 11) is 0. The van der Waals surface area contributed by atoms with Crippen molar-refractivity contribution in [3.05, 3.63) is 41.5 Å². The molecule has 0 spiro atoms. The van der Waals surface area contributed by atoms with Crippen LogP contribution in [0.4, 0.5) is 0 Å². The lowest BCUT2D eigenvalue weighted by atomic mass is 9.75. The molecule has 0 aromatic heterocycles. The molecule has 0 amide bonds. The predicted octanol–water partition coefficient (Wildman–Crippen LogP) is 3.81. The molecule has 3 aliphatic rings. The van der Waals surface area contributed by atoms with Gasteiger partial charge in [0.15, 0.2) is 6.29 Å². The summed E-state index contributed by atoms with van der Waals surface area (Å²) in [5, 5.41) is 11.2. The normalized spacial score (nSPS) is 31.5. The highest BCUT2D eigenvalue weighted by Crippen LogP contribution is 2.58. The summed E-state index contributed by atoms with van der Waals surface area (Å²) in [6.45, 7) is 1.51. The van der Waals surface area contributed by atoms with Crippen LogP contribution in [0.25, 0.3) is 0 Å². The summed E-state index contributed by atoms with van der Waals surface area (Å²) in [5.74, 6) is -0.441. The number of ether oxygens (including phenoxy) is 3. The van der Waals surface area contributed by atoms with E-state index in [4.69, 9.17) is 14.2 Å². The fraction of sp³-hybridized carbons (Fsp3) is 0.609. The van der Waals surface area contributed by atoms with Crippen molar-refractivity contribution >= 4 is 6.29 Å². The van der Waals surface area contributed by atoms with Crippen molar-refractivity contribution in [2.75, 3.05) is 13.2 Å². The minimum absolute atomic E-state index is 0.0313. The van der Waals surface area contributed by atoms with Crippen molar-refractivity contribution in [1.29, 1.82) is 0 Å². The molecule has 2 heterocycles. The highest BCUT2D eigenvalue weighted by atomic mass is 16.7. The first kappa shape index (κ1) is 19.6. The smallest absolute Gasteiger partial charge is 0.221 e. The molecular formula is C23H30O5. The molecule has 152 valence electrons. The quantitative estimate of drug-likeness (QED) is 0.418. The molecule has 2 fully saturated rings. The first-order valence-corrected chi connectivity index (χ1v) is 10.6. The molecule has 1 N–H and O–H groups in total. The van der Waals surface area contributed by atoms with Gasteiger partial charge in [-0.05, 0) is 63.0 Å². The van der Waals surface area contributed by atoms with Gasteiger partial charge in [0, 0.05) is 25.2 Å². The van der Waals surface area contributed by atoms with Crippen LogP contribution in [0.1, 0.15) is 62.5 Å². The van der Waals surface area contributed by atoms with Crippen molar-refractivity contribution in [3.8, 4) is 5.75 Å². The maximum absolute atomic E-state index is 11.2. The van der Waals surface area contributed by atoms with Crippen molar-refractivity contribution in [3.63, 3.8) is 0 Å². The van der Waals surface area contributed by atoms with Gasteiger partial charge in [-0.15, -0.1) is 0 Å². The Labute approximate surface area is 166 Å². The first-order chi connectivity index (χ1) is 13.7. The molecule has 2 aliphatic heterocycles. The van der Waals surface area contributed by atoms with Crippen molar-refractivity contribution in [2.24, 2.45) is 0 Å². The van der Waals surface area contributed by atoms with Crippen LogP contribution >= 0.6 is 0 Å². The number of aryl methyl sites for hydroxylation is 1. The van der Waals surface area contributed by atoms with Crippen molar-refractivity contribution < 1.29 is 24.1 Å². The zero-order valence-electron chi connectivity index (χ0n) is 16.4. The Hall–Kier alpha value is -1.69. The van der Waals surface area contributed by atoms with Crippen LogP contribution in [0.2, 0.25) is 0 Å². The number of para-hydroxylation sites is 1. The number of hydrogen-bond donors (Lipinski definition) is 1. The van der Waals surface area contributed by atoms with E-state index in [0.29, 0.717) is 13.0 Å². The summed E-state index contributed by atoms with van der Waals surface area (Å²) >= 11 is 0. The van der Waals surface area contributed by atoms with Gasteiger partial charge < -0.3 is 19.3 Å². The zero-order chi connectivity index (χ0) is 19.5. The number of aldehydes is 1. The lowest BCUT2D eigenvalue weighted by Crippen LogP contribution is -2.45. The van der Waals surface area contributed by atoms with E-state index in [0.717, 1.165) is 74.7 Å². The van der Waals surface area contributed by atoms with Crippen LogP contribution in [0, 0.1) is 0 Å². The van der Waals surface area contributed by atoms with Gasteiger partial charge in [0.1, 0.15) is 12.0 Å². The Balaban J connectivity index is 1.40. The van der Waals surface area contributed by atoms with Gasteiger partial charge in [0.05, 0.1) is 5.41 Å². The van der Waals surface area contributed by atoms with Gasteiger partial charge >= 0.3 is 0 Å². The number of carbonyl (C=O) groups is 1. The molecule has 1 aromatic rings. The minimum Gasteiger partial charge on any atom is -0.461 e. The van der Waals surface area contributed by atoms with E-state index in [1.54, 1.807) is 0 Å². The standard InChI is InChI=1S/C23H30O5/c24-15-7-13-22-12-6-14-23(22,25)28-21-18(9-5-10-19(21)22)8-1-3-16-26-20-11-2-4-17-27-20/h5,7,9-10,13,15,20,25H,1-4,6,8,11-12,14,16-17H2/t20-,22-,23+/m0/s1. The lowest BCUT2D eigenvalue weighted by Gasteiger charge is -2.32. The Bertz CT molecular complexity index is 724. The average molecular weight is 386 g/mol. The van der Waals surface area contributed by atoms with Gasteiger partial charge in [0.25, 0.3) is 0 Å². The Kier molecular flexibility index (Phi) is 5.85. The molecule has 1 aromatic carbocycles. The number of unbranched alkanes of at least 4 members (excludes halogenated alkanes) is 1. The van der Waals surface area contributed by atoms with Gasteiger partial charge in [-0.3, -0.25) is 4.79 Å². The summed E-state index contributed by atoms with van der Waals surface area (Å²) < 4.78 is 17.6. The van der Waals surface area contributed by atoms with Crippen LogP contribution in [0.15, 0.2) is 30.4 Å². The number of benzene rings is 1. The Morgan fingerprint density at radius 3 is 2.96 bits per heavy atom. The van der Waals surface area contributed by atoms with E-state index in [2.05, 4.69) is 6.07 Å². The van der Waals surface area contributed by atoms with Crippen LogP contribution in [-0.2, 0) is 26.1 Å². The molecule has 5 heteroatoms. The maximum Gasteiger partial charge on any atom is 0.221 e. The lowest BCUT2D eigenvalue weighted by molar-refractivity contribution is -0.162. The highest BCUT2D eigenvalue weighted by molar-refractivity contribution is 5.67. The third kappa shape index (κ3) is 3.51. The van der Waals surface area contributed by atoms with E-state index < -0.39 is 11.2 Å². The number of rotatable bonds is 8. The highest BCUT2D eigenvalue weighted by Gasteiger charge is 2.61. The number of aliphatic hydroxyl groups is 1. The fourth-order valence-corrected chi connectivity index (χ4v) is 4.92. The monoisotopic (exact) mass is 386 g/mol. The SMILES string of the molecule is O=CC=C[C@]12CCC[C@@]1(O)Oc1c(CCCCO[C@@H]3CCCCO3)cccc12. The molecule has 1 saturated heterocycles. The Morgan fingerprint density at radius 1 is 1.21 bits per heavy atom. The molecule has 0 radical (unpaired) electrons.